The van der Waals surface area contributed by atoms with E-state index in [1.54, 1.807) is 0 Å². The quantitative estimate of drug-likeness (QED) is 0.652. The number of likely N-dealkylation sites (tertiary alicyclic amines) is 1. The summed E-state index contributed by atoms with van der Waals surface area (Å²) >= 11 is 0. The number of rotatable bonds is 6. The van der Waals surface area contributed by atoms with Crippen molar-refractivity contribution in [3.05, 3.63) is 65.2 Å². The Morgan fingerprint density at radius 1 is 0.967 bits per heavy atom. The summed E-state index contributed by atoms with van der Waals surface area (Å²) in [5, 5.41) is 0. The van der Waals surface area contributed by atoms with Gasteiger partial charge in [-0.3, -0.25) is 4.79 Å². The van der Waals surface area contributed by atoms with Gasteiger partial charge in [0.25, 0.3) is 0 Å². The van der Waals surface area contributed by atoms with E-state index in [4.69, 9.17) is 4.74 Å². The lowest BCUT2D eigenvalue weighted by Gasteiger charge is -2.37. The number of fused-ring (bicyclic) bond motifs is 3. The normalized spacial score (nSPS) is 23.9. The Hall–Kier alpha value is -2.33. The van der Waals surface area contributed by atoms with Gasteiger partial charge < -0.3 is 14.5 Å². The van der Waals surface area contributed by atoms with Gasteiger partial charge in [0.15, 0.2) is 0 Å². The minimum absolute atomic E-state index is 0.219. The maximum Gasteiger partial charge on any atom is 0.223 e. The molecule has 0 saturated carbocycles. The van der Waals surface area contributed by atoms with Crippen LogP contribution in [0.3, 0.4) is 0 Å². The molecular formula is C26H32N2O2. The first-order valence-corrected chi connectivity index (χ1v) is 11.6. The molecule has 30 heavy (non-hydrogen) atoms. The van der Waals surface area contributed by atoms with Gasteiger partial charge in [-0.05, 0) is 67.6 Å². The highest BCUT2D eigenvalue weighted by Crippen LogP contribution is 2.45. The largest absolute Gasteiger partial charge is 0.494 e. The molecule has 2 atom stereocenters. The highest BCUT2D eigenvalue weighted by atomic mass is 16.5. The summed E-state index contributed by atoms with van der Waals surface area (Å²) in [6.07, 6.45) is 6.74. The molecule has 0 spiro atoms. The fourth-order valence-electron chi connectivity index (χ4n) is 5.46. The molecule has 2 aromatic carbocycles. The van der Waals surface area contributed by atoms with Crippen LogP contribution in [0.5, 0.6) is 5.75 Å². The molecule has 0 aromatic heterocycles. The fourth-order valence-corrected chi connectivity index (χ4v) is 5.46. The molecule has 4 heteroatoms. The van der Waals surface area contributed by atoms with Crippen molar-refractivity contribution in [1.82, 2.24) is 9.80 Å². The van der Waals surface area contributed by atoms with E-state index in [1.807, 2.05) is 0 Å². The van der Waals surface area contributed by atoms with Gasteiger partial charge in [0.1, 0.15) is 5.75 Å². The van der Waals surface area contributed by atoms with E-state index in [0.29, 0.717) is 12.3 Å². The second-order valence-electron chi connectivity index (χ2n) is 8.96. The van der Waals surface area contributed by atoms with Crippen molar-refractivity contribution in [3.8, 4) is 5.75 Å². The molecule has 0 bridgehead atoms. The minimum Gasteiger partial charge on any atom is -0.494 e. The number of benzene rings is 2. The van der Waals surface area contributed by atoms with Crippen LogP contribution in [0, 0.1) is 0 Å². The van der Waals surface area contributed by atoms with Crippen LogP contribution in [-0.2, 0) is 4.79 Å². The predicted molar refractivity (Wildman–Crippen MR) is 119 cm³/mol. The van der Waals surface area contributed by atoms with Crippen LogP contribution < -0.4 is 4.74 Å². The summed E-state index contributed by atoms with van der Waals surface area (Å²) in [5.74, 6) is 1.48. The van der Waals surface area contributed by atoms with E-state index in [9.17, 15) is 4.79 Å². The van der Waals surface area contributed by atoms with Crippen LogP contribution in [0.2, 0.25) is 0 Å². The molecule has 4 nitrogen and oxygen atoms in total. The van der Waals surface area contributed by atoms with Crippen LogP contribution in [0.25, 0.3) is 0 Å². The molecule has 0 N–H and O–H groups in total. The third kappa shape index (κ3) is 3.98. The molecule has 2 saturated heterocycles. The number of nitrogens with zero attached hydrogens (tertiary/aromatic N) is 2. The molecular weight excluding hydrogens is 372 g/mol. The van der Waals surface area contributed by atoms with Crippen molar-refractivity contribution < 1.29 is 9.53 Å². The van der Waals surface area contributed by atoms with E-state index in [-0.39, 0.29) is 12.0 Å². The standard InChI is InChI=1S/C26H32N2O2/c29-26-13-12-25-22-11-10-21(30-17-7-16-27-14-5-2-6-15-27)18-23(22)24(19-28(25)26)20-8-3-1-4-9-20/h1,3-4,8-11,18,24-25H,2,5-7,12-17,19H2/t24-,25-/m0/s1. The first kappa shape index (κ1) is 19.6. The number of carbonyl (C=O) groups excluding carboxylic acids is 1. The maximum absolute atomic E-state index is 12.5. The van der Waals surface area contributed by atoms with Crippen molar-refractivity contribution in [2.24, 2.45) is 0 Å². The molecule has 158 valence electrons. The Morgan fingerprint density at radius 2 is 1.80 bits per heavy atom. The van der Waals surface area contributed by atoms with Crippen LogP contribution in [-0.4, -0.2) is 48.5 Å². The van der Waals surface area contributed by atoms with Gasteiger partial charge >= 0.3 is 0 Å². The van der Waals surface area contributed by atoms with Crippen LogP contribution in [0.4, 0.5) is 0 Å². The van der Waals surface area contributed by atoms with Gasteiger partial charge in [-0.15, -0.1) is 0 Å². The van der Waals surface area contributed by atoms with Gasteiger partial charge in [-0.1, -0.05) is 42.8 Å². The molecule has 1 amide bonds. The topological polar surface area (TPSA) is 32.8 Å². The second-order valence-corrected chi connectivity index (χ2v) is 8.96. The number of carbonyl (C=O) groups is 1. The van der Waals surface area contributed by atoms with Crippen molar-refractivity contribution in [2.75, 3.05) is 32.8 Å². The summed E-state index contributed by atoms with van der Waals surface area (Å²) < 4.78 is 6.17. The molecule has 3 aliphatic heterocycles. The third-order valence-corrected chi connectivity index (χ3v) is 7.04. The number of piperidine rings is 1. The van der Waals surface area contributed by atoms with Gasteiger partial charge in [0.2, 0.25) is 5.91 Å². The van der Waals surface area contributed by atoms with E-state index in [0.717, 1.165) is 38.3 Å². The summed E-state index contributed by atoms with van der Waals surface area (Å²) in [7, 11) is 0. The van der Waals surface area contributed by atoms with E-state index >= 15 is 0 Å². The number of amides is 1. The molecule has 2 aromatic rings. The molecule has 0 radical (unpaired) electrons. The van der Waals surface area contributed by atoms with E-state index in [1.165, 1.54) is 49.0 Å². The summed E-state index contributed by atoms with van der Waals surface area (Å²) in [5.41, 5.74) is 3.92. The zero-order chi connectivity index (χ0) is 20.3. The molecule has 0 unspecified atom stereocenters. The Morgan fingerprint density at radius 3 is 2.63 bits per heavy atom. The summed E-state index contributed by atoms with van der Waals surface area (Å²) in [6, 6.07) is 17.4. The molecule has 3 heterocycles. The highest BCUT2D eigenvalue weighted by Gasteiger charge is 2.40. The van der Waals surface area contributed by atoms with Crippen molar-refractivity contribution in [1.29, 1.82) is 0 Å². The second kappa shape index (κ2) is 8.81. The monoisotopic (exact) mass is 404 g/mol. The zero-order valence-corrected chi connectivity index (χ0v) is 17.8. The van der Waals surface area contributed by atoms with Crippen LogP contribution in [0.1, 0.15) is 67.2 Å². The number of hydrogen-bond acceptors (Lipinski definition) is 3. The van der Waals surface area contributed by atoms with E-state index in [2.05, 4.69) is 58.3 Å². The van der Waals surface area contributed by atoms with Gasteiger partial charge in [-0.25, -0.2) is 0 Å². The summed E-state index contributed by atoms with van der Waals surface area (Å²) in [4.78, 5) is 17.1. The molecule has 3 aliphatic rings. The van der Waals surface area contributed by atoms with Gasteiger partial charge in [0, 0.05) is 25.4 Å². The highest BCUT2D eigenvalue weighted by molar-refractivity contribution is 5.80. The SMILES string of the molecule is O=C1CC[C@H]2c3ccc(OCCCN4CCCCC4)cc3[C@H](c3ccccc3)CN12. The number of hydrogen-bond donors (Lipinski definition) is 0. The van der Waals surface area contributed by atoms with Gasteiger partial charge in [-0.2, -0.15) is 0 Å². The van der Waals surface area contributed by atoms with Crippen molar-refractivity contribution in [3.63, 3.8) is 0 Å². The molecule has 2 fully saturated rings. The Kier molecular flexibility index (Phi) is 5.76. The third-order valence-electron chi connectivity index (χ3n) is 7.04. The first-order chi connectivity index (χ1) is 14.8. The van der Waals surface area contributed by atoms with Crippen molar-refractivity contribution >= 4 is 5.91 Å². The lowest BCUT2D eigenvalue weighted by Crippen LogP contribution is -2.37. The fraction of sp³-hybridized carbons (Fsp3) is 0.500. The van der Waals surface area contributed by atoms with Crippen LogP contribution in [0.15, 0.2) is 48.5 Å². The van der Waals surface area contributed by atoms with Crippen molar-refractivity contribution in [2.45, 2.75) is 50.5 Å². The maximum atomic E-state index is 12.5. The van der Waals surface area contributed by atoms with Crippen LogP contribution >= 0.6 is 0 Å². The Labute approximate surface area is 179 Å². The molecule has 5 rings (SSSR count). The average Bonchev–Trinajstić information content (AvgIpc) is 3.18. The van der Waals surface area contributed by atoms with Gasteiger partial charge in [0.05, 0.1) is 12.6 Å². The molecule has 0 aliphatic carbocycles. The summed E-state index contributed by atoms with van der Waals surface area (Å²) in [6.45, 7) is 5.16. The Balaban J connectivity index is 1.32. The lowest BCUT2D eigenvalue weighted by molar-refractivity contribution is -0.129. The predicted octanol–water partition coefficient (Wildman–Crippen LogP) is 4.75. The average molecular weight is 405 g/mol. The first-order valence-electron chi connectivity index (χ1n) is 11.6. The lowest BCUT2D eigenvalue weighted by atomic mass is 9.81. The zero-order valence-electron chi connectivity index (χ0n) is 17.8. The number of ether oxygens (including phenoxy) is 1. The van der Waals surface area contributed by atoms with E-state index < -0.39 is 0 Å². The Bertz CT molecular complexity index is 876. The smallest absolute Gasteiger partial charge is 0.223 e. The minimum atomic E-state index is 0.219.